The van der Waals surface area contributed by atoms with Crippen LogP contribution in [0.4, 0.5) is 5.69 Å². The maximum absolute atomic E-state index is 11.5. The van der Waals surface area contributed by atoms with Crippen molar-refractivity contribution in [1.82, 2.24) is 0 Å². The van der Waals surface area contributed by atoms with Gasteiger partial charge in [-0.05, 0) is 24.6 Å². The predicted molar refractivity (Wildman–Crippen MR) is 66.6 cm³/mol. The summed E-state index contributed by atoms with van der Waals surface area (Å²) in [6.07, 6.45) is 0.768. The van der Waals surface area contributed by atoms with E-state index in [0.717, 1.165) is 23.1 Å². The van der Waals surface area contributed by atoms with Crippen molar-refractivity contribution in [2.75, 3.05) is 18.6 Å². The lowest BCUT2D eigenvalue weighted by Gasteiger charge is -2.41. The summed E-state index contributed by atoms with van der Waals surface area (Å²) in [7, 11) is 1.38. The first-order valence-corrected chi connectivity index (χ1v) is 6.01. The second-order valence-electron chi connectivity index (χ2n) is 3.79. The first kappa shape index (κ1) is 11.9. The fourth-order valence-electron chi connectivity index (χ4n) is 1.89. The largest absolute Gasteiger partial charge is 0.467 e. The average Bonchev–Trinajstić information content (AvgIpc) is 2.28. The van der Waals surface area contributed by atoms with Gasteiger partial charge in [-0.3, -0.25) is 0 Å². The summed E-state index contributed by atoms with van der Waals surface area (Å²) in [5.41, 5.74) is 1.35. The Balaban J connectivity index is 2.32. The van der Waals surface area contributed by atoms with Gasteiger partial charge >= 0.3 is 5.97 Å². The van der Waals surface area contributed by atoms with Crippen molar-refractivity contribution in [3.05, 3.63) is 28.2 Å². The standard InChI is InChI=1S/C12H11BrN2O2/c1-17-12(16)10-4-5-15(10)11-6-9(13)3-2-8(11)7-14/h2-3,6,10H,4-5H2,1H3. The van der Waals surface area contributed by atoms with Crippen LogP contribution in [0.25, 0.3) is 0 Å². The minimum atomic E-state index is -0.263. The van der Waals surface area contributed by atoms with Crippen LogP contribution in [-0.2, 0) is 9.53 Å². The number of methoxy groups -OCH3 is 1. The first-order valence-electron chi connectivity index (χ1n) is 5.21. The van der Waals surface area contributed by atoms with E-state index in [0.29, 0.717) is 5.56 Å². The number of nitriles is 1. The summed E-state index contributed by atoms with van der Waals surface area (Å²) in [4.78, 5) is 13.4. The highest BCUT2D eigenvalue weighted by atomic mass is 79.9. The van der Waals surface area contributed by atoms with Crippen LogP contribution in [0.1, 0.15) is 12.0 Å². The molecule has 1 atom stereocenters. The molecule has 1 saturated heterocycles. The molecule has 4 nitrogen and oxygen atoms in total. The molecule has 88 valence electrons. The molecule has 17 heavy (non-hydrogen) atoms. The van der Waals surface area contributed by atoms with Gasteiger partial charge in [0, 0.05) is 11.0 Å². The second kappa shape index (κ2) is 4.76. The van der Waals surface area contributed by atoms with Crippen molar-refractivity contribution in [2.45, 2.75) is 12.5 Å². The Morgan fingerprint density at radius 2 is 2.41 bits per heavy atom. The molecule has 1 aliphatic rings. The molecule has 0 bridgehead atoms. The molecule has 1 heterocycles. The molecular formula is C12H11BrN2O2. The Morgan fingerprint density at radius 3 is 2.94 bits per heavy atom. The number of rotatable bonds is 2. The molecule has 0 saturated carbocycles. The van der Waals surface area contributed by atoms with Crippen molar-refractivity contribution >= 4 is 27.6 Å². The van der Waals surface area contributed by atoms with Gasteiger partial charge < -0.3 is 9.64 Å². The molecule has 1 unspecified atom stereocenters. The maximum Gasteiger partial charge on any atom is 0.328 e. The zero-order chi connectivity index (χ0) is 12.4. The quantitative estimate of drug-likeness (QED) is 0.784. The minimum Gasteiger partial charge on any atom is -0.467 e. The van der Waals surface area contributed by atoms with Crippen LogP contribution in [0.5, 0.6) is 0 Å². The smallest absolute Gasteiger partial charge is 0.328 e. The molecule has 0 amide bonds. The molecule has 0 radical (unpaired) electrons. The van der Waals surface area contributed by atoms with E-state index in [-0.39, 0.29) is 12.0 Å². The molecule has 1 aliphatic heterocycles. The van der Waals surface area contributed by atoms with E-state index in [2.05, 4.69) is 22.0 Å². The van der Waals surface area contributed by atoms with Crippen LogP contribution in [-0.4, -0.2) is 25.7 Å². The molecule has 0 N–H and O–H groups in total. The Bertz CT molecular complexity index is 496. The Kier molecular flexibility index (Phi) is 3.34. The highest BCUT2D eigenvalue weighted by Gasteiger charge is 2.36. The molecule has 1 aromatic carbocycles. The summed E-state index contributed by atoms with van der Waals surface area (Å²) < 4.78 is 5.63. The number of carbonyl (C=O) groups excluding carboxylic acids is 1. The van der Waals surface area contributed by atoms with E-state index >= 15 is 0 Å². The molecule has 1 aromatic rings. The number of nitrogens with zero attached hydrogens (tertiary/aromatic N) is 2. The van der Waals surface area contributed by atoms with Crippen LogP contribution in [0.2, 0.25) is 0 Å². The second-order valence-corrected chi connectivity index (χ2v) is 4.71. The molecule has 5 heteroatoms. The Morgan fingerprint density at radius 1 is 1.65 bits per heavy atom. The Hall–Kier alpha value is -1.54. The third-order valence-electron chi connectivity index (χ3n) is 2.88. The normalized spacial score (nSPS) is 18.2. The molecular weight excluding hydrogens is 284 g/mol. The van der Waals surface area contributed by atoms with Gasteiger partial charge in [-0.15, -0.1) is 0 Å². The molecule has 0 aliphatic carbocycles. The van der Waals surface area contributed by atoms with Crippen molar-refractivity contribution < 1.29 is 9.53 Å². The van der Waals surface area contributed by atoms with E-state index < -0.39 is 0 Å². The zero-order valence-electron chi connectivity index (χ0n) is 9.31. The number of carbonyl (C=O) groups is 1. The van der Waals surface area contributed by atoms with Gasteiger partial charge in [0.05, 0.1) is 18.4 Å². The van der Waals surface area contributed by atoms with E-state index in [9.17, 15) is 4.79 Å². The number of ether oxygens (including phenoxy) is 1. The van der Waals surface area contributed by atoms with Gasteiger partial charge in [-0.1, -0.05) is 15.9 Å². The third kappa shape index (κ3) is 2.13. The highest BCUT2D eigenvalue weighted by molar-refractivity contribution is 9.10. The lowest BCUT2D eigenvalue weighted by Crippen LogP contribution is -2.53. The monoisotopic (exact) mass is 294 g/mol. The van der Waals surface area contributed by atoms with Gasteiger partial charge in [0.2, 0.25) is 0 Å². The van der Waals surface area contributed by atoms with Crippen molar-refractivity contribution in [3.8, 4) is 6.07 Å². The van der Waals surface area contributed by atoms with Gasteiger partial charge in [-0.2, -0.15) is 5.26 Å². The number of halogens is 1. The molecule has 0 spiro atoms. The number of hydrogen-bond donors (Lipinski definition) is 0. The SMILES string of the molecule is COC(=O)C1CCN1c1cc(Br)ccc1C#N. The minimum absolute atomic E-state index is 0.250. The fourth-order valence-corrected chi connectivity index (χ4v) is 2.24. The Labute approximate surface area is 108 Å². The number of esters is 1. The van der Waals surface area contributed by atoms with Crippen LogP contribution in [0.15, 0.2) is 22.7 Å². The highest BCUT2D eigenvalue weighted by Crippen LogP contribution is 2.32. The lowest BCUT2D eigenvalue weighted by molar-refractivity contribution is -0.143. The van der Waals surface area contributed by atoms with Gasteiger partial charge in [0.25, 0.3) is 0 Å². The zero-order valence-corrected chi connectivity index (χ0v) is 10.9. The topological polar surface area (TPSA) is 53.3 Å². The van der Waals surface area contributed by atoms with E-state index in [1.165, 1.54) is 7.11 Å². The maximum atomic E-state index is 11.5. The molecule has 2 rings (SSSR count). The number of anilines is 1. The first-order chi connectivity index (χ1) is 8.17. The summed E-state index contributed by atoms with van der Waals surface area (Å²) in [5.74, 6) is -0.250. The summed E-state index contributed by atoms with van der Waals surface area (Å²) >= 11 is 3.37. The van der Waals surface area contributed by atoms with E-state index in [1.54, 1.807) is 6.07 Å². The van der Waals surface area contributed by atoms with Gasteiger partial charge in [0.1, 0.15) is 12.1 Å². The molecule has 0 aromatic heterocycles. The van der Waals surface area contributed by atoms with E-state index in [1.807, 2.05) is 17.0 Å². The third-order valence-corrected chi connectivity index (χ3v) is 3.38. The number of hydrogen-bond acceptors (Lipinski definition) is 4. The lowest BCUT2D eigenvalue weighted by atomic mass is 10.00. The average molecular weight is 295 g/mol. The fraction of sp³-hybridized carbons (Fsp3) is 0.333. The summed E-state index contributed by atoms with van der Waals surface area (Å²) in [6.45, 7) is 0.769. The van der Waals surface area contributed by atoms with Crippen molar-refractivity contribution in [3.63, 3.8) is 0 Å². The summed E-state index contributed by atoms with van der Waals surface area (Å²) in [5, 5.41) is 9.05. The predicted octanol–water partition coefficient (Wildman–Crippen LogP) is 2.07. The van der Waals surface area contributed by atoms with Crippen molar-refractivity contribution in [1.29, 1.82) is 5.26 Å². The van der Waals surface area contributed by atoms with Crippen molar-refractivity contribution in [2.24, 2.45) is 0 Å². The van der Waals surface area contributed by atoms with E-state index in [4.69, 9.17) is 10.00 Å². The van der Waals surface area contributed by atoms with Crippen LogP contribution in [0, 0.1) is 11.3 Å². The van der Waals surface area contributed by atoms with Gasteiger partial charge in [-0.25, -0.2) is 4.79 Å². The van der Waals surface area contributed by atoms with Crippen LogP contribution in [0.3, 0.4) is 0 Å². The van der Waals surface area contributed by atoms with Crippen LogP contribution >= 0.6 is 15.9 Å². The van der Waals surface area contributed by atoms with Gasteiger partial charge in [0.15, 0.2) is 0 Å². The molecule has 1 fully saturated rings. The number of benzene rings is 1. The van der Waals surface area contributed by atoms with Crippen LogP contribution < -0.4 is 4.90 Å². The summed E-state index contributed by atoms with van der Waals surface area (Å²) in [6, 6.07) is 7.28.